The molecule has 1 fully saturated rings. The zero-order valence-electron chi connectivity index (χ0n) is 11.5. The van der Waals surface area contributed by atoms with E-state index >= 15 is 0 Å². The van der Waals surface area contributed by atoms with Crippen molar-refractivity contribution in [1.29, 1.82) is 0 Å². The number of hydrogen-bond acceptors (Lipinski definition) is 2. The van der Waals surface area contributed by atoms with Gasteiger partial charge in [0.25, 0.3) is 5.91 Å². The monoisotopic (exact) mass is 280 g/mol. The van der Waals surface area contributed by atoms with Crippen molar-refractivity contribution in [3.63, 3.8) is 0 Å². The van der Waals surface area contributed by atoms with Crippen molar-refractivity contribution in [2.75, 3.05) is 11.9 Å². The largest absolute Gasteiger partial charge is 0.384 e. The average molecular weight is 280 g/mol. The van der Waals surface area contributed by atoms with Crippen molar-refractivity contribution in [2.24, 2.45) is 0 Å². The number of carbonyl (C=O) groups excluding carboxylic acids is 1. The highest BCUT2D eigenvalue weighted by Gasteiger charge is 2.26. The van der Waals surface area contributed by atoms with E-state index in [1.54, 1.807) is 6.07 Å². The Bertz CT molecular complexity index is 718. The van der Waals surface area contributed by atoms with Crippen LogP contribution in [0.15, 0.2) is 42.6 Å². The Morgan fingerprint density at radius 1 is 1.33 bits per heavy atom. The van der Waals surface area contributed by atoms with Crippen LogP contribution in [0.4, 0.5) is 5.69 Å². The smallest absolute Gasteiger partial charge is 0.272 e. The molecule has 0 aliphatic heterocycles. The number of anilines is 1. The summed E-state index contributed by atoms with van der Waals surface area (Å²) in [4.78, 5) is 12.3. The first-order chi connectivity index (χ1) is 10.3. The summed E-state index contributed by atoms with van der Waals surface area (Å²) in [7, 11) is 0. The first-order valence-corrected chi connectivity index (χ1v) is 6.96. The van der Waals surface area contributed by atoms with Crippen molar-refractivity contribution >= 4 is 11.6 Å². The average Bonchev–Trinajstić information content (AvgIpc) is 3.22. The normalized spacial score (nSPS) is 13.4. The van der Waals surface area contributed by atoms with E-state index < -0.39 is 0 Å². The lowest BCUT2D eigenvalue weighted by Gasteiger charge is -2.09. The molecule has 4 nitrogen and oxygen atoms in total. The molecule has 0 unspecified atom stereocenters. The van der Waals surface area contributed by atoms with Crippen molar-refractivity contribution in [2.45, 2.75) is 18.9 Å². The quantitative estimate of drug-likeness (QED) is 0.848. The second-order valence-electron chi connectivity index (χ2n) is 5.03. The summed E-state index contributed by atoms with van der Waals surface area (Å²) in [6.07, 6.45) is 4.23. The molecular weight excluding hydrogens is 264 g/mol. The van der Waals surface area contributed by atoms with Crippen LogP contribution in [0, 0.1) is 11.8 Å². The van der Waals surface area contributed by atoms with Gasteiger partial charge in [-0.1, -0.05) is 17.9 Å². The standard InChI is InChI=1S/C17H16N2O2/c20-11-3-5-13-4-1-6-14(12-13)18-17(21)16-7-2-10-19(16)15-8-9-15/h1-2,4,6-7,10,12,15,20H,8-9,11H2,(H,18,21). The predicted molar refractivity (Wildman–Crippen MR) is 81.1 cm³/mol. The third-order valence-electron chi connectivity index (χ3n) is 3.38. The molecule has 1 aromatic carbocycles. The van der Waals surface area contributed by atoms with Crippen LogP contribution in [-0.2, 0) is 0 Å². The molecule has 21 heavy (non-hydrogen) atoms. The van der Waals surface area contributed by atoms with Gasteiger partial charge in [0.05, 0.1) is 0 Å². The molecule has 0 saturated heterocycles. The van der Waals surface area contributed by atoms with Crippen molar-refractivity contribution in [3.8, 4) is 11.8 Å². The highest BCUT2D eigenvalue weighted by atomic mass is 16.2. The first kappa shape index (κ1) is 13.5. The number of aliphatic hydroxyl groups excluding tert-OH is 1. The van der Waals surface area contributed by atoms with Gasteiger partial charge in [-0.15, -0.1) is 0 Å². The maximum absolute atomic E-state index is 12.3. The van der Waals surface area contributed by atoms with Crippen molar-refractivity contribution < 1.29 is 9.90 Å². The fourth-order valence-corrected chi connectivity index (χ4v) is 2.27. The summed E-state index contributed by atoms with van der Waals surface area (Å²) in [5, 5.41) is 11.6. The highest BCUT2D eigenvalue weighted by molar-refractivity contribution is 6.03. The van der Waals surface area contributed by atoms with Crippen LogP contribution in [0.1, 0.15) is 34.9 Å². The van der Waals surface area contributed by atoms with Gasteiger partial charge in [-0.25, -0.2) is 0 Å². The van der Waals surface area contributed by atoms with Gasteiger partial charge < -0.3 is 15.0 Å². The third kappa shape index (κ3) is 3.15. The molecule has 0 atom stereocenters. The van der Waals surface area contributed by atoms with E-state index in [2.05, 4.69) is 17.2 Å². The summed E-state index contributed by atoms with van der Waals surface area (Å²) in [5.41, 5.74) is 2.15. The van der Waals surface area contributed by atoms with Crippen LogP contribution in [-0.4, -0.2) is 22.2 Å². The molecule has 1 saturated carbocycles. The Morgan fingerprint density at radius 2 is 2.19 bits per heavy atom. The molecule has 4 heteroatoms. The van der Waals surface area contributed by atoms with Crippen molar-refractivity contribution in [3.05, 3.63) is 53.9 Å². The SMILES string of the molecule is O=C(Nc1cccc(C#CCO)c1)c1cccn1C1CC1. The molecular formula is C17H16N2O2. The summed E-state index contributed by atoms with van der Waals surface area (Å²) in [5.74, 6) is 5.31. The topological polar surface area (TPSA) is 54.3 Å². The van der Waals surface area contributed by atoms with Crippen LogP contribution in [0.2, 0.25) is 0 Å². The molecule has 3 rings (SSSR count). The fraction of sp³-hybridized carbons (Fsp3) is 0.235. The molecule has 0 radical (unpaired) electrons. The maximum Gasteiger partial charge on any atom is 0.272 e. The Kier molecular flexibility index (Phi) is 3.76. The van der Waals surface area contributed by atoms with E-state index in [1.165, 1.54) is 0 Å². The van der Waals surface area contributed by atoms with Crippen LogP contribution in [0.3, 0.4) is 0 Å². The fourth-order valence-electron chi connectivity index (χ4n) is 2.27. The van der Waals surface area contributed by atoms with Gasteiger partial charge >= 0.3 is 0 Å². The minimum Gasteiger partial charge on any atom is -0.384 e. The lowest BCUT2D eigenvalue weighted by atomic mass is 10.2. The third-order valence-corrected chi connectivity index (χ3v) is 3.38. The van der Waals surface area contributed by atoms with Crippen LogP contribution in [0.5, 0.6) is 0 Å². The van der Waals surface area contributed by atoms with E-state index in [0.29, 0.717) is 17.4 Å². The van der Waals surface area contributed by atoms with Gasteiger partial charge in [-0.05, 0) is 43.2 Å². The number of amides is 1. The van der Waals surface area contributed by atoms with Gasteiger partial charge in [-0.2, -0.15) is 0 Å². The number of aromatic nitrogens is 1. The Hall–Kier alpha value is -2.51. The Labute approximate surface area is 123 Å². The van der Waals surface area contributed by atoms with E-state index in [1.807, 2.05) is 41.1 Å². The molecule has 1 amide bonds. The number of aliphatic hydroxyl groups is 1. The molecule has 0 bridgehead atoms. The molecule has 1 aliphatic carbocycles. The predicted octanol–water partition coefficient (Wildman–Crippen LogP) is 2.42. The van der Waals surface area contributed by atoms with Gasteiger partial charge in [0.1, 0.15) is 12.3 Å². The zero-order chi connectivity index (χ0) is 14.7. The molecule has 1 heterocycles. The Balaban J connectivity index is 1.76. The number of nitrogens with one attached hydrogen (secondary N) is 1. The second-order valence-corrected chi connectivity index (χ2v) is 5.03. The summed E-state index contributed by atoms with van der Waals surface area (Å²) in [6, 6.07) is 11.5. The van der Waals surface area contributed by atoms with Gasteiger partial charge in [0.15, 0.2) is 0 Å². The van der Waals surface area contributed by atoms with E-state index in [4.69, 9.17) is 5.11 Å². The summed E-state index contributed by atoms with van der Waals surface area (Å²) in [6.45, 7) is -0.175. The summed E-state index contributed by atoms with van der Waals surface area (Å²) < 4.78 is 2.03. The summed E-state index contributed by atoms with van der Waals surface area (Å²) >= 11 is 0. The number of carbonyl (C=O) groups is 1. The second kappa shape index (κ2) is 5.86. The lowest BCUT2D eigenvalue weighted by molar-refractivity contribution is 0.101. The molecule has 1 aliphatic rings. The van der Waals surface area contributed by atoms with Gasteiger partial charge in [-0.3, -0.25) is 4.79 Å². The van der Waals surface area contributed by atoms with Crippen LogP contribution in [0.25, 0.3) is 0 Å². The molecule has 0 spiro atoms. The van der Waals surface area contributed by atoms with Gasteiger partial charge in [0, 0.05) is 23.5 Å². The molecule has 2 aromatic rings. The van der Waals surface area contributed by atoms with Gasteiger partial charge in [0.2, 0.25) is 0 Å². The first-order valence-electron chi connectivity index (χ1n) is 6.96. The lowest BCUT2D eigenvalue weighted by Crippen LogP contribution is -2.16. The Morgan fingerprint density at radius 3 is 2.95 bits per heavy atom. The number of benzene rings is 1. The van der Waals surface area contributed by atoms with E-state index in [0.717, 1.165) is 18.4 Å². The molecule has 106 valence electrons. The molecule has 1 aromatic heterocycles. The number of hydrogen-bond donors (Lipinski definition) is 2. The zero-order valence-corrected chi connectivity index (χ0v) is 11.5. The van der Waals surface area contributed by atoms with Crippen molar-refractivity contribution in [1.82, 2.24) is 4.57 Å². The van der Waals surface area contributed by atoms with Crippen LogP contribution >= 0.6 is 0 Å². The highest BCUT2D eigenvalue weighted by Crippen LogP contribution is 2.36. The molecule has 2 N–H and O–H groups in total. The number of nitrogens with zero attached hydrogens (tertiary/aromatic N) is 1. The van der Waals surface area contributed by atoms with Crippen LogP contribution < -0.4 is 5.32 Å². The van der Waals surface area contributed by atoms with E-state index in [9.17, 15) is 4.79 Å². The minimum atomic E-state index is -0.175. The van der Waals surface area contributed by atoms with E-state index in [-0.39, 0.29) is 12.5 Å². The number of rotatable bonds is 3. The minimum absolute atomic E-state index is 0.112. The maximum atomic E-state index is 12.3.